The number of hydrogen-bond acceptors (Lipinski definition) is 2. The Bertz CT molecular complexity index is 465. The second-order valence-electron chi connectivity index (χ2n) is 4.32. The molecule has 0 radical (unpaired) electrons. The van der Waals surface area contributed by atoms with Crippen molar-refractivity contribution < 1.29 is 18.0 Å². The smallest absolute Gasteiger partial charge is 0.366 e. The van der Waals surface area contributed by atoms with Crippen molar-refractivity contribution in [2.75, 3.05) is 13.1 Å². The molecule has 1 heterocycles. The van der Waals surface area contributed by atoms with E-state index in [1.54, 1.807) is 0 Å². The van der Waals surface area contributed by atoms with Crippen LogP contribution >= 0.6 is 0 Å². The number of primary amides is 1. The molecule has 0 spiro atoms. The van der Waals surface area contributed by atoms with E-state index in [0.29, 0.717) is 19.5 Å². The van der Waals surface area contributed by atoms with E-state index in [1.807, 2.05) is 0 Å². The van der Waals surface area contributed by atoms with E-state index in [0.717, 1.165) is 6.07 Å². The molecule has 1 aliphatic heterocycles. The molecule has 1 aliphatic rings. The fourth-order valence-corrected chi connectivity index (χ4v) is 2.37. The number of carbonyl (C=O) groups is 1. The molecule has 3 N–H and O–H groups in total. The topological polar surface area (TPSA) is 55.1 Å². The summed E-state index contributed by atoms with van der Waals surface area (Å²) in [5, 5.41) is 3.00. The highest BCUT2D eigenvalue weighted by Gasteiger charge is 2.37. The number of rotatable bonds is 2. The van der Waals surface area contributed by atoms with E-state index in [1.165, 1.54) is 12.1 Å². The maximum atomic E-state index is 13.0. The molecule has 1 fully saturated rings. The lowest BCUT2D eigenvalue weighted by Crippen LogP contribution is -2.21. The second kappa shape index (κ2) is 4.61. The van der Waals surface area contributed by atoms with Crippen LogP contribution in [0.25, 0.3) is 0 Å². The average Bonchev–Trinajstić information content (AvgIpc) is 2.79. The Morgan fingerprint density at radius 1 is 1.39 bits per heavy atom. The minimum Gasteiger partial charge on any atom is -0.366 e. The third-order valence-electron chi connectivity index (χ3n) is 3.15. The summed E-state index contributed by atoms with van der Waals surface area (Å²) < 4.78 is 38.9. The van der Waals surface area contributed by atoms with E-state index >= 15 is 0 Å². The normalized spacial score (nSPS) is 20.1. The summed E-state index contributed by atoms with van der Waals surface area (Å²) in [5.41, 5.74) is 4.41. The predicted molar refractivity (Wildman–Crippen MR) is 60.2 cm³/mol. The Balaban J connectivity index is 2.59. The first-order valence-corrected chi connectivity index (χ1v) is 5.62. The molecule has 1 amide bonds. The van der Waals surface area contributed by atoms with Crippen LogP contribution in [0.5, 0.6) is 0 Å². The Morgan fingerprint density at radius 2 is 2.11 bits per heavy atom. The van der Waals surface area contributed by atoms with E-state index in [-0.39, 0.29) is 17.0 Å². The number of amides is 1. The van der Waals surface area contributed by atoms with Crippen molar-refractivity contribution in [3.8, 4) is 0 Å². The van der Waals surface area contributed by atoms with Gasteiger partial charge in [-0.05, 0) is 36.6 Å². The van der Waals surface area contributed by atoms with Crippen LogP contribution in [-0.4, -0.2) is 19.0 Å². The molecule has 0 saturated carbocycles. The number of carbonyl (C=O) groups excluding carboxylic acids is 1. The van der Waals surface area contributed by atoms with E-state index in [4.69, 9.17) is 5.73 Å². The van der Waals surface area contributed by atoms with Crippen molar-refractivity contribution in [1.29, 1.82) is 0 Å². The van der Waals surface area contributed by atoms with Gasteiger partial charge in [0.2, 0.25) is 5.91 Å². The highest BCUT2D eigenvalue weighted by molar-refractivity contribution is 5.95. The summed E-state index contributed by atoms with van der Waals surface area (Å²) >= 11 is 0. The molecule has 1 aromatic rings. The summed E-state index contributed by atoms with van der Waals surface area (Å²) in [6.45, 7) is 1.09. The lowest BCUT2D eigenvalue weighted by Gasteiger charge is -2.19. The third kappa shape index (κ3) is 2.33. The fourth-order valence-electron chi connectivity index (χ4n) is 2.37. The van der Waals surface area contributed by atoms with Gasteiger partial charge in [-0.25, -0.2) is 0 Å². The first-order valence-electron chi connectivity index (χ1n) is 5.62. The zero-order valence-corrected chi connectivity index (χ0v) is 9.55. The van der Waals surface area contributed by atoms with Crippen LogP contribution in [0.3, 0.4) is 0 Å². The number of halogens is 3. The molecule has 1 saturated heterocycles. The van der Waals surface area contributed by atoms with Crippen molar-refractivity contribution >= 4 is 5.91 Å². The molecule has 0 aliphatic carbocycles. The van der Waals surface area contributed by atoms with Gasteiger partial charge in [0.25, 0.3) is 0 Å². The van der Waals surface area contributed by atoms with Gasteiger partial charge < -0.3 is 11.1 Å². The van der Waals surface area contributed by atoms with E-state index in [2.05, 4.69) is 5.32 Å². The molecule has 3 nitrogen and oxygen atoms in total. The highest BCUT2D eigenvalue weighted by atomic mass is 19.4. The largest absolute Gasteiger partial charge is 0.416 e. The molecular weight excluding hydrogens is 245 g/mol. The molecule has 1 unspecified atom stereocenters. The predicted octanol–water partition coefficient (Wildman–Crippen LogP) is 1.88. The first kappa shape index (κ1) is 12.9. The van der Waals surface area contributed by atoms with Gasteiger partial charge in [-0.2, -0.15) is 13.2 Å². The highest BCUT2D eigenvalue weighted by Crippen LogP contribution is 2.38. The lowest BCUT2D eigenvalue weighted by atomic mass is 9.88. The van der Waals surface area contributed by atoms with Crippen molar-refractivity contribution in [3.63, 3.8) is 0 Å². The first-order chi connectivity index (χ1) is 8.41. The molecule has 1 atom stereocenters. The SMILES string of the molecule is NC(=O)c1cccc(C(F)(F)F)c1C1CCNC1. The Labute approximate surface area is 102 Å². The van der Waals surface area contributed by atoms with Crippen molar-refractivity contribution in [1.82, 2.24) is 5.32 Å². The van der Waals surface area contributed by atoms with Crippen molar-refractivity contribution in [3.05, 3.63) is 34.9 Å². The van der Waals surface area contributed by atoms with Crippen molar-refractivity contribution in [2.45, 2.75) is 18.5 Å². The summed E-state index contributed by atoms with van der Waals surface area (Å²) in [4.78, 5) is 11.3. The van der Waals surface area contributed by atoms with Gasteiger partial charge in [-0.15, -0.1) is 0 Å². The number of nitrogens with one attached hydrogen (secondary N) is 1. The van der Waals surface area contributed by atoms with Gasteiger partial charge >= 0.3 is 6.18 Å². The molecule has 0 bridgehead atoms. The Hall–Kier alpha value is -1.56. The zero-order chi connectivity index (χ0) is 13.3. The molecule has 0 aromatic heterocycles. The van der Waals surface area contributed by atoms with Crippen LogP contribution in [0, 0.1) is 0 Å². The van der Waals surface area contributed by atoms with Crippen LogP contribution in [0.4, 0.5) is 13.2 Å². The van der Waals surface area contributed by atoms with Crippen LogP contribution < -0.4 is 11.1 Å². The lowest BCUT2D eigenvalue weighted by molar-refractivity contribution is -0.138. The molecule has 1 aromatic carbocycles. The third-order valence-corrected chi connectivity index (χ3v) is 3.15. The molecule has 18 heavy (non-hydrogen) atoms. The van der Waals surface area contributed by atoms with Gasteiger partial charge in [0.15, 0.2) is 0 Å². The minimum atomic E-state index is -4.47. The van der Waals surface area contributed by atoms with Crippen LogP contribution in [0.2, 0.25) is 0 Å². The number of benzene rings is 1. The van der Waals surface area contributed by atoms with Gasteiger partial charge in [-0.1, -0.05) is 6.07 Å². The van der Waals surface area contributed by atoms with E-state index in [9.17, 15) is 18.0 Å². The molecular formula is C12H13F3N2O. The van der Waals surface area contributed by atoms with Crippen LogP contribution in [-0.2, 0) is 6.18 Å². The van der Waals surface area contributed by atoms with Gasteiger partial charge in [0, 0.05) is 12.1 Å². The fraction of sp³-hybridized carbons (Fsp3) is 0.417. The number of nitrogens with two attached hydrogens (primary N) is 1. The molecule has 98 valence electrons. The van der Waals surface area contributed by atoms with Gasteiger partial charge in [0.1, 0.15) is 0 Å². The maximum absolute atomic E-state index is 13.0. The zero-order valence-electron chi connectivity index (χ0n) is 9.55. The molecule has 2 rings (SSSR count). The minimum absolute atomic E-state index is 0.0291. The molecule has 6 heteroatoms. The van der Waals surface area contributed by atoms with Crippen LogP contribution in [0.1, 0.15) is 33.8 Å². The Kier molecular flexibility index (Phi) is 3.30. The summed E-state index contributed by atoms with van der Waals surface area (Å²) in [7, 11) is 0. The van der Waals surface area contributed by atoms with Gasteiger partial charge in [-0.3, -0.25) is 4.79 Å². The van der Waals surface area contributed by atoms with E-state index < -0.39 is 17.6 Å². The van der Waals surface area contributed by atoms with Crippen molar-refractivity contribution in [2.24, 2.45) is 5.73 Å². The summed E-state index contributed by atoms with van der Waals surface area (Å²) in [6, 6.07) is 3.57. The average molecular weight is 258 g/mol. The second-order valence-corrected chi connectivity index (χ2v) is 4.32. The quantitative estimate of drug-likeness (QED) is 0.851. The number of alkyl halides is 3. The maximum Gasteiger partial charge on any atom is 0.416 e. The number of hydrogen-bond donors (Lipinski definition) is 2. The summed E-state index contributed by atoms with van der Waals surface area (Å²) in [6.07, 6.45) is -3.89. The summed E-state index contributed by atoms with van der Waals surface area (Å²) in [5.74, 6) is -1.13. The van der Waals surface area contributed by atoms with Crippen LogP contribution in [0.15, 0.2) is 18.2 Å². The van der Waals surface area contributed by atoms with Gasteiger partial charge in [0.05, 0.1) is 5.56 Å². The Morgan fingerprint density at radius 3 is 2.61 bits per heavy atom. The standard InChI is InChI=1S/C12H13F3N2O/c13-12(14,15)9-3-1-2-8(11(16)18)10(9)7-4-5-17-6-7/h1-3,7,17H,4-6H2,(H2,16,18). The monoisotopic (exact) mass is 258 g/mol.